The fourth-order valence-corrected chi connectivity index (χ4v) is 3.87. The Morgan fingerprint density at radius 3 is 2.63 bits per heavy atom. The molecule has 3 saturated heterocycles. The van der Waals surface area contributed by atoms with Crippen molar-refractivity contribution in [1.29, 1.82) is 0 Å². The second-order valence-electron chi connectivity index (χ2n) is 6.12. The quantitative estimate of drug-likeness (QED) is 0.723. The highest BCUT2D eigenvalue weighted by atomic mass is 17.2. The van der Waals surface area contributed by atoms with Crippen molar-refractivity contribution in [3.63, 3.8) is 0 Å². The second-order valence-corrected chi connectivity index (χ2v) is 6.12. The van der Waals surface area contributed by atoms with Gasteiger partial charge in [0.05, 0.1) is 6.61 Å². The van der Waals surface area contributed by atoms with E-state index in [1.54, 1.807) is 0 Å². The van der Waals surface area contributed by atoms with Crippen LogP contribution in [0.25, 0.3) is 0 Å². The molecule has 0 unspecified atom stereocenters. The van der Waals surface area contributed by atoms with Gasteiger partial charge in [-0.3, -0.25) is 0 Å². The molecule has 0 amide bonds. The number of fused-ring (bicyclic) bond motifs is 3. The molecule has 0 aromatic heterocycles. The van der Waals surface area contributed by atoms with Gasteiger partial charge in [-0.25, -0.2) is 4.89 Å². The molecular formula is C16H20O3. The standard InChI is InChI=1S/C16H20O3/c1-2-7-14(8-3-1)16-11-9-13-6-4-5-10-15(13,12-17-16)18-19-16/h1-3,7-8,13H,4-6,9-12H2/t13-,15-,16+/m1/s1. The predicted molar refractivity (Wildman–Crippen MR) is 70.2 cm³/mol. The highest BCUT2D eigenvalue weighted by molar-refractivity contribution is 5.21. The Morgan fingerprint density at radius 2 is 1.84 bits per heavy atom. The van der Waals surface area contributed by atoms with Crippen LogP contribution in [0.3, 0.4) is 0 Å². The topological polar surface area (TPSA) is 27.7 Å². The summed E-state index contributed by atoms with van der Waals surface area (Å²) in [4.78, 5) is 11.7. The highest BCUT2D eigenvalue weighted by Crippen LogP contribution is 2.51. The van der Waals surface area contributed by atoms with Gasteiger partial charge in [-0.05, 0) is 25.2 Å². The number of rotatable bonds is 1. The zero-order chi connectivity index (χ0) is 12.8. The van der Waals surface area contributed by atoms with E-state index in [1.165, 1.54) is 19.3 Å². The zero-order valence-corrected chi connectivity index (χ0v) is 11.1. The van der Waals surface area contributed by atoms with Gasteiger partial charge in [-0.15, -0.1) is 0 Å². The molecule has 102 valence electrons. The van der Waals surface area contributed by atoms with Crippen molar-refractivity contribution in [2.45, 2.75) is 49.9 Å². The average molecular weight is 260 g/mol. The zero-order valence-electron chi connectivity index (χ0n) is 11.1. The van der Waals surface area contributed by atoms with Crippen LogP contribution in [0, 0.1) is 5.92 Å². The van der Waals surface area contributed by atoms with Crippen molar-refractivity contribution in [1.82, 2.24) is 0 Å². The van der Waals surface area contributed by atoms with Crippen LogP contribution >= 0.6 is 0 Å². The van der Waals surface area contributed by atoms with E-state index in [1.807, 2.05) is 18.2 Å². The molecule has 3 nitrogen and oxygen atoms in total. The van der Waals surface area contributed by atoms with Gasteiger partial charge in [-0.1, -0.05) is 43.2 Å². The van der Waals surface area contributed by atoms with Crippen molar-refractivity contribution in [3.05, 3.63) is 35.9 Å². The molecule has 19 heavy (non-hydrogen) atoms. The molecule has 3 atom stereocenters. The van der Waals surface area contributed by atoms with Crippen molar-refractivity contribution in [2.75, 3.05) is 6.61 Å². The number of benzene rings is 1. The maximum atomic E-state index is 6.19. The van der Waals surface area contributed by atoms with Crippen LogP contribution in [0.15, 0.2) is 30.3 Å². The van der Waals surface area contributed by atoms with Crippen LogP contribution in [-0.2, 0) is 20.3 Å². The van der Waals surface area contributed by atoms with E-state index >= 15 is 0 Å². The van der Waals surface area contributed by atoms with Crippen LogP contribution < -0.4 is 0 Å². The Kier molecular flexibility index (Phi) is 2.69. The van der Waals surface area contributed by atoms with Crippen molar-refractivity contribution in [2.24, 2.45) is 5.92 Å². The SMILES string of the molecule is c1ccc([C@@]23CC[C@H]4CCCC[C@]4(CO2)OO3)cc1. The molecule has 3 aliphatic heterocycles. The van der Waals surface area contributed by atoms with Gasteiger partial charge >= 0.3 is 0 Å². The Morgan fingerprint density at radius 1 is 0.947 bits per heavy atom. The summed E-state index contributed by atoms with van der Waals surface area (Å²) in [7, 11) is 0. The summed E-state index contributed by atoms with van der Waals surface area (Å²) >= 11 is 0. The first kappa shape index (κ1) is 11.9. The summed E-state index contributed by atoms with van der Waals surface area (Å²) in [5.74, 6) is -0.0848. The van der Waals surface area contributed by atoms with E-state index < -0.39 is 5.79 Å². The summed E-state index contributed by atoms with van der Waals surface area (Å²) < 4.78 is 6.19. The monoisotopic (exact) mass is 260 g/mol. The van der Waals surface area contributed by atoms with Gasteiger partial charge in [0.25, 0.3) is 0 Å². The van der Waals surface area contributed by atoms with Crippen molar-refractivity contribution in [3.8, 4) is 0 Å². The maximum Gasteiger partial charge on any atom is 0.227 e. The molecule has 1 aromatic rings. The molecular weight excluding hydrogens is 240 g/mol. The van der Waals surface area contributed by atoms with Crippen LogP contribution in [0.4, 0.5) is 0 Å². The molecule has 1 aliphatic carbocycles. The molecule has 1 aromatic carbocycles. The Labute approximate surface area is 113 Å². The first-order valence-corrected chi connectivity index (χ1v) is 7.39. The molecule has 3 heterocycles. The van der Waals surface area contributed by atoms with E-state index in [0.717, 1.165) is 24.8 Å². The summed E-state index contributed by atoms with van der Waals surface area (Å²) in [6.45, 7) is 0.673. The lowest BCUT2D eigenvalue weighted by Gasteiger charge is -2.45. The molecule has 0 N–H and O–H groups in total. The van der Waals surface area contributed by atoms with Crippen LogP contribution in [0.1, 0.15) is 44.1 Å². The Balaban J connectivity index is 1.68. The van der Waals surface area contributed by atoms with Crippen LogP contribution in [0.2, 0.25) is 0 Å². The first-order chi connectivity index (χ1) is 9.33. The lowest BCUT2D eigenvalue weighted by Crippen LogP contribution is -2.52. The Hall–Kier alpha value is -0.900. The molecule has 5 rings (SSSR count). The summed E-state index contributed by atoms with van der Waals surface area (Å²) in [5.41, 5.74) is 0.899. The normalized spacial score (nSPS) is 41.6. The third-order valence-corrected chi connectivity index (χ3v) is 5.07. The molecule has 3 heteroatoms. The minimum absolute atomic E-state index is 0.174. The smallest absolute Gasteiger partial charge is 0.227 e. The third kappa shape index (κ3) is 1.76. The Bertz CT molecular complexity index is 443. The van der Waals surface area contributed by atoms with Gasteiger partial charge in [0.2, 0.25) is 5.79 Å². The molecule has 1 spiro atoms. The highest BCUT2D eigenvalue weighted by Gasteiger charge is 2.55. The van der Waals surface area contributed by atoms with Crippen LogP contribution in [-0.4, -0.2) is 12.2 Å². The summed E-state index contributed by atoms with van der Waals surface area (Å²) in [5, 5.41) is 0. The predicted octanol–water partition coefficient (Wildman–Crippen LogP) is 3.54. The number of ether oxygens (including phenoxy) is 1. The average Bonchev–Trinajstić information content (AvgIpc) is 2.76. The van der Waals surface area contributed by atoms with Gasteiger partial charge in [0.15, 0.2) is 0 Å². The number of hydrogen-bond donors (Lipinski definition) is 0. The minimum atomic E-state index is -0.677. The molecule has 4 fully saturated rings. The lowest BCUT2D eigenvalue weighted by atomic mass is 9.74. The molecule has 4 aliphatic rings. The van der Waals surface area contributed by atoms with Gasteiger partial charge < -0.3 is 4.74 Å². The van der Waals surface area contributed by atoms with Gasteiger partial charge in [-0.2, -0.15) is 4.89 Å². The molecule has 1 saturated carbocycles. The van der Waals surface area contributed by atoms with E-state index in [2.05, 4.69) is 12.1 Å². The molecule has 0 radical (unpaired) electrons. The summed E-state index contributed by atoms with van der Waals surface area (Å²) in [6, 6.07) is 10.2. The van der Waals surface area contributed by atoms with E-state index in [0.29, 0.717) is 12.5 Å². The van der Waals surface area contributed by atoms with E-state index in [4.69, 9.17) is 14.5 Å². The largest absolute Gasteiger partial charge is 0.341 e. The van der Waals surface area contributed by atoms with Crippen LogP contribution in [0.5, 0.6) is 0 Å². The van der Waals surface area contributed by atoms with E-state index in [-0.39, 0.29) is 5.60 Å². The third-order valence-electron chi connectivity index (χ3n) is 5.07. The van der Waals surface area contributed by atoms with E-state index in [9.17, 15) is 0 Å². The minimum Gasteiger partial charge on any atom is -0.341 e. The summed E-state index contributed by atoms with van der Waals surface area (Å²) in [6.07, 6.45) is 6.88. The van der Waals surface area contributed by atoms with Crippen molar-refractivity contribution < 1.29 is 14.5 Å². The number of hydrogen-bond acceptors (Lipinski definition) is 3. The molecule has 2 bridgehead atoms. The lowest BCUT2D eigenvalue weighted by molar-refractivity contribution is -0.519. The van der Waals surface area contributed by atoms with Crippen molar-refractivity contribution >= 4 is 0 Å². The second kappa shape index (κ2) is 4.30. The maximum absolute atomic E-state index is 6.19. The fraction of sp³-hybridized carbons (Fsp3) is 0.625. The first-order valence-electron chi connectivity index (χ1n) is 7.39. The van der Waals surface area contributed by atoms with Gasteiger partial charge in [0, 0.05) is 12.0 Å². The fourth-order valence-electron chi connectivity index (χ4n) is 3.87. The van der Waals surface area contributed by atoms with Gasteiger partial charge in [0.1, 0.15) is 5.60 Å².